The molecule has 84 valence electrons. The number of carbonyl (C=O) groups is 1. The number of rotatable bonds is 5. The van der Waals surface area contributed by atoms with Gasteiger partial charge in [-0.05, 0) is 26.8 Å². The summed E-state index contributed by atoms with van der Waals surface area (Å²) >= 11 is 0. The van der Waals surface area contributed by atoms with Gasteiger partial charge in [0.25, 0.3) is 0 Å². The van der Waals surface area contributed by atoms with Crippen molar-refractivity contribution in [3.8, 4) is 0 Å². The molecule has 1 aromatic heterocycles. The minimum absolute atomic E-state index is 0.0338. The van der Waals surface area contributed by atoms with Crippen molar-refractivity contribution in [1.82, 2.24) is 9.78 Å². The Hall–Kier alpha value is -1.36. The highest BCUT2D eigenvalue weighted by Crippen LogP contribution is 2.12. The average Bonchev–Trinajstić information content (AvgIpc) is 2.58. The molecule has 0 unspecified atom stereocenters. The molecule has 0 saturated carbocycles. The monoisotopic (exact) mass is 212 g/mol. The van der Waals surface area contributed by atoms with Crippen molar-refractivity contribution in [3.05, 3.63) is 17.5 Å². The summed E-state index contributed by atoms with van der Waals surface area (Å²) in [6.45, 7) is 6.62. The molecule has 1 heterocycles. The predicted molar refractivity (Wildman–Crippen MR) is 54.9 cm³/mol. The van der Waals surface area contributed by atoms with Gasteiger partial charge in [0.05, 0.1) is 12.3 Å². The zero-order chi connectivity index (χ0) is 11.4. The van der Waals surface area contributed by atoms with Crippen LogP contribution in [0, 0.1) is 0 Å². The van der Waals surface area contributed by atoms with Gasteiger partial charge in [-0.15, -0.1) is 0 Å². The molecular weight excluding hydrogens is 196 g/mol. The quantitative estimate of drug-likeness (QED) is 0.806. The van der Waals surface area contributed by atoms with Crippen LogP contribution in [-0.2, 0) is 11.3 Å². The largest absolute Gasteiger partial charge is 0.477 e. The lowest BCUT2D eigenvalue weighted by atomic mass is 10.3. The van der Waals surface area contributed by atoms with E-state index in [0.29, 0.717) is 18.9 Å². The number of hydrogen-bond acceptors (Lipinski definition) is 3. The second-order valence-corrected chi connectivity index (χ2v) is 3.50. The molecule has 1 N–H and O–H groups in total. The first-order chi connectivity index (χ1) is 7.06. The Kier molecular flexibility index (Phi) is 3.85. The van der Waals surface area contributed by atoms with Crippen LogP contribution in [0.1, 0.15) is 43.0 Å². The summed E-state index contributed by atoms with van der Waals surface area (Å²) in [6, 6.07) is 1.59. The van der Waals surface area contributed by atoms with Gasteiger partial charge in [-0.2, -0.15) is 5.10 Å². The molecule has 0 spiro atoms. The Balaban J connectivity index is 2.93. The molecule has 15 heavy (non-hydrogen) atoms. The van der Waals surface area contributed by atoms with E-state index in [9.17, 15) is 4.79 Å². The number of ether oxygens (including phenoxy) is 1. The summed E-state index contributed by atoms with van der Waals surface area (Å²) in [4.78, 5) is 10.9. The Bertz CT molecular complexity index is 344. The Morgan fingerprint density at radius 1 is 1.67 bits per heavy atom. The van der Waals surface area contributed by atoms with E-state index in [4.69, 9.17) is 9.84 Å². The van der Waals surface area contributed by atoms with E-state index in [1.54, 1.807) is 6.07 Å². The molecular formula is C10H16N2O3. The van der Waals surface area contributed by atoms with Gasteiger partial charge in [0.1, 0.15) is 5.69 Å². The van der Waals surface area contributed by atoms with E-state index < -0.39 is 5.97 Å². The summed E-state index contributed by atoms with van der Waals surface area (Å²) < 4.78 is 6.68. The molecule has 0 bridgehead atoms. The van der Waals surface area contributed by atoms with Gasteiger partial charge in [-0.25, -0.2) is 4.79 Å². The number of aromatic nitrogens is 2. The fourth-order valence-electron chi connectivity index (χ4n) is 1.28. The molecule has 0 aliphatic rings. The molecule has 5 nitrogen and oxygen atoms in total. The van der Waals surface area contributed by atoms with Crippen molar-refractivity contribution < 1.29 is 14.6 Å². The first-order valence-corrected chi connectivity index (χ1v) is 4.95. The Morgan fingerprint density at radius 2 is 2.33 bits per heavy atom. The van der Waals surface area contributed by atoms with Crippen LogP contribution < -0.4 is 0 Å². The van der Waals surface area contributed by atoms with Gasteiger partial charge in [-0.3, -0.25) is 4.68 Å². The van der Waals surface area contributed by atoms with Crippen LogP contribution in [0.2, 0.25) is 0 Å². The lowest BCUT2D eigenvalue weighted by molar-refractivity contribution is 0.0681. The second kappa shape index (κ2) is 4.93. The van der Waals surface area contributed by atoms with Crippen molar-refractivity contribution in [1.29, 1.82) is 0 Å². The van der Waals surface area contributed by atoms with Crippen LogP contribution in [0.5, 0.6) is 0 Å². The van der Waals surface area contributed by atoms with Gasteiger partial charge in [-0.1, -0.05) is 0 Å². The van der Waals surface area contributed by atoms with Crippen molar-refractivity contribution in [2.75, 3.05) is 6.61 Å². The Labute approximate surface area is 88.7 Å². The molecule has 0 aliphatic carbocycles. The van der Waals surface area contributed by atoms with Gasteiger partial charge >= 0.3 is 5.97 Å². The van der Waals surface area contributed by atoms with E-state index in [1.165, 1.54) is 4.68 Å². The number of aromatic carboxylic acids is 1. The third-order valence-corrected chi connectivity index (χ3v) is 1.95. The SMILES string of the molecule is CCOCc1cc(C(=O)O)n(C(C)C)n1. The molecule has 0 radical (unpaired) electrons. The van der Waals surface area contributed by atoms with E-state index in [0.717, 1.165) is 0 Å². The van der Waals surface area contributed by atoms with Gasteiger partial charge in [0, 0.05) is 12.6 Å². The summed E-state index contributed by atoms with van der Waals surface area (Å²) in [5, 5.41) is 13.1. The maximum Gasteiger partial charge on any atom is 0.354 e. The molecule has 1 rings (SSSR count). The lowest BCUT2D eigenvalue weighted by Crippen LogP contribution is -2.11. The van der Waals surface area contributed by atoms with Crippen LogP contribution in [-0.4, -0.2) is 27.5 Å². The zero-order valence-electron chi connectivity index (χ0n) is 9.23. The predicted octanol–water partition coefficient (Wildman–Crippen LogP) is 1.70. The van der Waals surface area contributed by atoms with E-state index in [1.807, 2.05) is 20.8 Å². The fourth-order valence-corrected chi connectivity index (χ4v) is 1.28. The van der Waals surface area contributed by atoms with Crippen LogP contribution in [0.3, 0.4) is 0 Å². The van der Waals surface area contributed by atoms with Crippen LogP contribution >= 0.6 is 0 Å². The summed E-state index contributed by atoms with van der Waals surface area (Å²) in [5.74, 6) is -0.959. The van der Waals surface area contributed by atoms with Crippen molar-refractivity contribution in [2.24, 2.45) is 0 Å². The molecule has 0 atom stereocenters. The molecule has 0 fully saturated rings. The second-order valence-electron chi connectivity index (χ2n) is 3.50. The highest BCUT2D eigenvalue weighted by atomic mass is 16.5. The third-order valence-electron chi connectivity index (χ3n) is 1.95. The third kappa shape index (κ3) is 2.79. The maximum absolute atomic E-state index is 10.9. The minimum Gasteiger partial charge on any atom is -0.477 e. The van der Waals surface area contributed by atoms with Crippen molar-refractivity contribution in [2.45, 2.75) is 33.4 Å². The molecule has 0 aromatic carbocycles. The molecule has 0 amide bonds. The van der Waals surface area contributed by atoms with Crippen molar-refractivity contribution >= 4 is 5.97 Å². The maximum atomic E-state index is 10.9. The molecule has 0 aliphatic heterocycles. The van der Waals surface area contributed by atoms with Crippen molar-refractivity contribution in [3.63, 3.8) is 0 Å². The lowest BCUT2D eigenvalue weighted by Gasteiger charge is -2.07. The standard InChI is InChI=1S/C10H16N2O3/c1-4-15-6-8-5-9(10(13)14)12(11-8)7(2)3/h5,7H,4,6H2,1-3H3,(H,13,14). The molecule has 5 heteroatoms. The Morgan fingerprint density at radius 3 is 2.73 bits per heavy atom. The highest BCUT2D eigenvalue weighted by molar-refractivity contribution is 5.85. The summed E-state index contributed by atoms with van der Waals surface area (Å²) in [6.07, 6.45) is 0. The first kappa shape index (κ1) is 11.7. The minimum atomic E-state index is -0.959. The fraction of sp³-hybridized carbons (Fsp3) is 0.600. The normalized spacial score (nSPS) is 10.9. The van der Waals surface area contributed by atoms with Crippen LogP contribution in [0.15, 0.2) is 6.07 Å². The summed E-state index contributed by atoms with van der Waals surface area (Å²) in [7, 11) is 0. The van der Waals surface area contributed by atoms with E-state index in [2.05, 4.69) is 5.10 Å². The van der Waals surface area contributed by atoms with E-state index in [-0.39, 0.29) is 11.7 Å². The highest BCUT2D eigenvalue weighted by Gasteiger charge is 2.15. The van der Waals surface area contributed by atoms with Crippen LogP contribution in [0.4, 0.5) is 0 Å². The van der Waals surface area contributed by atoms with Gasteiger partial charge < -0.3 is 9.84 Å². The first-order valence-electron chi connectivity index (χ1n) is 4.95. The molecule has 0 saturated heterocycles. The number of carboxylic acid groups (broad SMARTS) is 1. The van der Waals surface area contributed by atoms with Gasteiger partial charge in [0.2, 0.25) is 0 Å². The van der Waals surface area contributed by atoms with E-state index >= 15 is 0 Å². The van der Waals surface area contributed by atoms with Gasteiger partial charge in [0.15, 0.2) is 0 Å². The average molecular weight is 212 g/mol. The zero-order valence-corrected chi connectivity index (χ0v) is 9.23. The molecule has 1 aromatic rings. The van der Waals surface area contributed by atoms with Crippen LogP contribution in [0.25, 0.3) is 0 Å². The number of hydrogen-bond donors (Lipinski definition) is 1. The topological polar surface area (TPSA) is 64.3 Å². The number of carboxylic acids is 1. The summed E-state index contributed by atoms with van der Waals surface area (Å²) in [5.41, 5.74) is 0.864. The smallest absolute Gasteiger partial charge is 0.354 e. The number of nitrogens with zero attached hydrogens (tertiary/aromatic N) is 2.